The average molecular weight is 1500 g/mol. The fourth-order valence-corrected chi connectivity index (χ4v) is 12.3. The summed E-state index contributed by atoms with van der Waals surface area (Å²) in [6.07, 6.45) is 84.5. The lowest BCUT2D eigenvalue weighted by Gasteiger charge is -2.21. The van der Waals surface area contributed by atoms with Crippen LogP contribution >= 0.6 is 15.6 Å². The molecule has 0 aromatic heterocycles. The Morgan fingerprint density at radius 1 is 0.279 bits per heavy atom. The largest absolute Gasteiger partial charge is 0.472 e. The van der Waals surface area contributed by atoms with Gasteiger partial charge in [0.15, 0.2) is 12.2 Å². The molecule has 17 nitrogen and oxygen atoms in total. The summed E-state index contributed by atoms with van der Waals surface area (Å²) < 4.78 is 68.7. The first kappa shape index (κ1) is 99.5. The van der Waals surface area contributed by atoms with Crippen molar-refractivity contribution in [3.8, 4) is 0 Å². The molecule has 598 valence electrons. The van der Waals surface area contributed by atoms with Crippen molar-refractivity contribution in [3.63, 3.8) is 0 Å². The third-order valence-electron chi connectivity index (χ3n) is 16.9. The van der Waals surface area contributed by atoms with Gasteiger partial charge in [0.25, 0.3) is 0 Å². The van der Waals surface area contributed by atoms with E-state index in [2.05, 4.69) is 149 Å². The molecule has 0 radical (unpaired) electrons. The van der Waals surface area contributed by atoms with Gasteiger partial charge in [-0.05, 0) is 154 Å². The van der Waals surface area contributed by atoms with Crippen molar-refractivity contribution >= 4 is 39.5 Å². The third-order valence-corrected chi connectivity index (χ3v) is 18.8. The van der Waals surface area contributed by atoms with E-state index in [0.29, 0.717) is 25.7 Å². The molecule has 4 unspecified atom stereocenters. The Hall–Kier alpha value is -4.54. The summed E-state index contributed by atoms with van der Waals surface area (Å²) in [7, 11) is -9.97. The van der Waals surface area contributed by atoms with Gasteiger partial charge in [0, 0.05) is 25.7 Å². The van der Waals surface area contributed by atoms with Gasteiger partial charge in [0.05, 0.1) is 26.4 Å². The van der Waals surface area contributed by atoms with Crippen molar-refractivity contribution in [1.82, 2.24) is 0 Å². The zero-order chi connectivity index (χ0) is 76.0. The predicted molar refractivity (Wildman–Crippen MR) is 427 cm³/mol. The first-order valence-corrected chi connectivity index (χ1v) is 43.8. The monoisotopic (exact) mass is 1500 g/mol. The number of aliphatic hydroxyl groups is 1. The lowest BCUT2D eigenvalue weighted by molar-refractivity contribution is -0.161. The zero-order valence-electron chi connectivity index (χ0n) is 65.4. The molecule has 104 heavy (non-hydrogen) atoms. The Bertz CT molecular complexity index is 2280. The Labute approximate surface area is 632 Å². The highest BCUT2D eigenvalue weighted by atomic mass is 31.2. The normalized spacial score (nSPS) is 14.5. The molecule has 0 aromatic rings. The van der Waals surface area contributed by atoms with Crippen LogP contribution in [0.5, 0.6) is 0 Å². The number of hydrogen-bond donors (Lipinski definition) is 3. The number of carbonyl (C=O) groups excluding carboxylic acids is 4. The minimum atomic E-state index is -4.99. The second-order valence-corrected chi connectivity index (χ2v) is 29.8. The van der Waals surface area contributed by atoms with Crippen molar-refractivity contribution < 1.29 is 80.2 Å². The highest BCUT2D eigenvalue weighted by Crippen LogP contribution is 2.45. The summed E-state index contributed by atoms with van der Waals surface area (Å²) in [4.78, 5) is 73.1. The molecule has 0 aliphatic heterocycles. The number of carbonyl (C=O) groups is 4. The van der Waals surface area contributed by atoms with Crippen molar-refractivity contribution in [2.45, 2.75) is 354 Å². The van der Waals surface area contributed by atoms with Gasteiger partial charge >= 0.3 is 39.5 Å². The molecule has 0 bridgehead atoms. The van der Waals surface area contributed by atoms with Crippen LogP contribution in [0.1, 0.15) is 336 Å². The van der Waals surface area contributed by atoms with Gasteiger partial charge in [-0.3, -0.25) is 37.3 Å². The van der Waals surface area contributed by atoms with Crippen LogP contribution in [-0.2, 0) is 65.4 Å². The average Bonchev–Trinajstić information content (AvgIpc) is 0.937. The molecular formula is C85H146O17P2. The summed E-state index contributed by atoms with van der Waals surface area (Å²) in [5, 5.41) is 10.7. The Morgan fingerprint density at radius 3 is 0.769 bits per heavy atom. The second-order valence-electron chi connectivity index (χ2n) is 26.9. The van der Waals surface area contributed by atoms with E-state index >= 15 is 0 Å². The van der Waals surface area contributed by atoms with Crippen LogP contribution < -0.4 is 0 Å². The van der Waals surface area contributed by atoms with Crippen LogP contribution in [0.2, 0.25) is 0 Å². The lowest BCUT2D eigenvalue weighted by Crippen LogP contribution is -2.30. The SMILES string of the molecule is CC/C=C\C/C=C\C/C=C\CCCCCCCCCC(=O)OCC(COP(=O)(O)OCC(O)COP(=O)(O)OCC(COC(=O)CCCCCCCCC/C=C\C/C=C\C/C=C\CC)OC(=O)CCCCCCC/C=C\C/C=C\CCCCC)OC(=O)CCCCCCC/C=C\C/C=C\CCCCC. The van der Waals surface area contributed by atoms with Gasteiger partial charge in [0.1, 0.15) is 19.3 Å². The maximum atomic E-state index is 13.1. The molecule has 0 amide bonds. The van der Waals surface area contributed by atoms with E-state index in [-0.39, 0.29) is 25.7 Å². The zero-order valence-corrected chi connectivity index (χ0v) is 67.2. The molecule has 0 fully saturated rings. The molecule has 19 heteroatoms. The highest BCUT2D eigenvalue weighted by molar-refractivity contribution is 7.47. The molecule has 0 saturated carbocycles. The molecule has 0 aliphatic carbocycles. The molecular weight excluding hydrogens is 1350 g/mol. The fraction of sp³-hybridized carbons (Fsp3) is 0.718. The number of unbranched alkanes of at least 4 members (excludes halogenated alkanes) is 30. The highest BCUT2D eigenvalue weighted by Gasteiger charge is 2.30. The first-order chi connectivity index (χ1) is 50.7. The number of phosphoric ester groups is 2. The van der Waals surface area contributed by atoms with Gasteiger partial charge in [-0.15, -0.1) is 0 Å². The van der Waals surface area contributed by atoms with E-state index in [4.69, 9.17) is 37.0 Å². The molecule has 0 rings (SSSR count). The van der Waals surface area contributed by atoms with Gasteiger partial charge < -0.3 is 33.8 Å². The predicted octanol–water partition coefficient (Wildman–Crippen LogP) is 23.9. The van der Waals surface area contributed by atoms with Crippen LogP contribution in [0, 0.1) is 0 Å². The summed E-state index contributed by atoms with van der Waals surface area (Å²) in [5.74, 6) is -2.22. The van der Waals surface area contributed by atoms with Crippen molar-refractivity contribution in [2.24, 2.45) is 0 Å². The van der Waals surface area contributed by atoms with Crippen molar-refractivity contribution in [1.29, 1.82) is 0 Å². The van der Waals surface area contributed by atoms with Crippen LogP contribution in [-0.4, -0.2) is 96.7 Å². The Morgan fingerprint density at radius 2 is 0.500 bits per heavy atom. The molecule has 0 aliphatic rings. The summed E-state index contributed by atoms with van der Waals surface area (Å²) in [6.45, 7) is 4.58. The minimum absolute atomic E-state index is 0.0750. The van der Waals surface area contributed by atoms with E-state index in [1.807, 2.05) is 0 Å². The molecule has 3 N–H and O–H groups in total. The molecule has 0 spiro atoms. The minimum Gasteiger partial charge on any atom is -0.462 e. The van der Waals surface area contributed by atoms with Gasteiger partial charge in [-0.1, -0.05) is 278 Å². The van der Waals surface area contributed by atoms with Crippen molar-refractivity contribution in [2.75, 3.05) is 39.6 Å². The molecule has 4 atom stereocenters. The topological polar surface area (TPSA) is 237 Å². The van der Waals surface area contributed by atoms with Crippen LogP contribution in [0.4, 0.5) is 0 Å². The standard InChI is InChI=1S/C85H146O17P2/c1-5-9-13-17-21-25-29-33-37-39-43-45-49-53-57-61-65-69-82(87)95-75-80(101-84(89)71-67-63-59-55-51-47-41-35-31-27-23-19-15-11-7-3)77-99-103(91,92)97-73-79(86)74-98-104(93,94)100-78-81(102-85(90)72-68-64-60-56-52-48-42-36-32-28-24-20-16-12-8-4)76-96-83(88)70-66-62-58-54-50-46-44-40-38-34-30-26-22-18-14-10-6-2/h9-10,13-14,21-28,33-38,41-42,79-81,86H,5-8,11-12,15-20,29-32,39-40,43-78H2,1-4H3,(H,91,92)(H,93,94)/b13-9-,14-10-,25-21-,26-22-,27-23-,28-24-,37-33-,38-34-,41-35-,42-36-. The number of allylic oxidation sites excluding steroid dienone is 20. The number of aliphatic hydroxyl groups excluding tert-OH is 1. The Balaban J connectivity index is 5.39. The number of ether oxygens (including phenoxy) is 4. The lowest BCUT2D eigenvalue weighted by atomic mass is 10.1. The van der Waals surface area contributed by atoms with E-state index in [1.54, 1.807) is 0 Å². The van der Waals surface area contributed by atoms with Crippen LogP contribution in [0.25, 0.3) is 0 Å². The molecule has 0 saturated heterocycles. The molecule has 0 aromatic carbocycles. The van der Waals surface area contributed by atoms with Gasteiger partial charge in [-0.2, -0.15) is 0 Å². The van der Waals surface area contributed by atoms with Crippen molar-refractivity contribution in [3.05, 3.63) is 122 Å². The smallest absolute Gasteiger partial charge is 0.462 e. The molecule has 0 heterocycles. The third kappa shape index (κ3) is 75.7. The number of rotatable bonds is 76. The number of hydrogen-bond acceptors (Lipinski definition) is 15. The Kier molecular flexibility index (Phi) is 73.3. The number of phosphoric acid groups is 2. The van der Waals surface area contributed by atoms with Gasteiger partial charge in [-0.25, -0.2) is 9.13 Å². The van der Waals surface area contributed by atoms with E-state index < -0.39 is 97.5 Å². The van der Waals surface area contributed by atoms with E-state index in [9.17, 15) is 43.2 Å². The van der Waals surface area contributed by atoms with E-state index in [0.717, 1.165) is 218 Å². The first-order valence-electron chi connectivity index (χ1n) is 40.8. The van der Waals surface area contributed by atoms with Crippen LogP contribution in [0.3, 0.4) is 0 Å². The maximum absolute atomic E-state index is 13.1. The number of esters is 4. The fourth-order valence-electron chi connectivity index (χ4n) is 10.7. The second kappa shape index (κ2) is 76.6. The summed E-state index contributed by atoms with van der Waals surface area (Å²) in [6, 6.07) is 0. The quantitative estimate of drug-likeness (QED) is 0.0169. The van der Waals surface area contributed by atoms with E-state index in [1.165, 1.54) is 38.5 Å². The van der Waals surface area contributed by atoms with Crippen LogP contribution in [0.15, 0.2) is 122 Å². The maximum Gasteiger partial charge on any atom is 0.472 e. The summed E-state index contributed by atoms with van der Waals surface area (Å²) in [5.41, 5.74) is 0. The van der Waals surface area contributed by atoms with Gasteiger partial charge in [0.2, 0.25) is 0 Å². The summed E-state index contributed by atoms with van der Waals surface area (Å²) >= 11 is 0.